The smallest absolute Gasteiger partial charge is 0.261 e. The highest BCUT2D eigenvalue weighted by molar-refractivity contribution is 7.14. The van der Waals surface area contributed by atoms with E-state index in [1.54, 1.807) is 11.3 Å². The maximum Gasteiger partial charge on any atom is 0.261 e. The number of rotatable bonds is 7. The number of nitrogens with zero attached hydrogens (tertiary/aromatic N) is 3. The highest BCUT2D eigenvalue weighted by Gasteiger charge is 2.18. The van der Waals surface area contributed by atoms with E-state index in [1.807, 2.05) is 12.1 Å². The van der Waals surface area contributed by atoms with Crippen molar-refractivity contribution in [3.63, 3.8) is 0 Å². The van der Waals surface area contributed by atoms with Crippen LogP contribution in [0.2, 0.25) is 0 Å². The van der Waals surface area contributed by atoms with Crippen molar-refractivity contribution in [3.8, 4) is 0 Å². The van der Waals surface area contributed by atoms with E-state index in [4.69, 9.17) is 0 Å². The third kappa shape index (κ3) is 4.05. The van der Waals surface area contributed by atoms with Crippen molar-refractivity contribution in [1.29, 1.82) is 0 Å². The molecule has 0 fully saturated rings. The first kappa shape index (κ1) is 17.2. The molecule has 0 saturated heterocycles. The molecule has 3 rings (SSSR count). The molecule has 0 spiro atoms. The van der Waals surface area contributed by atoms with Gasteiger partial charge in [0.15, 0.2) is 0 Å². The highest BCUT2D eigenvalue weighted by Crippen LogP contribution is 2.17. The van der Waals surface area contributed by atoms with Crippen molar-refractivity contribution >= 4 is 17.2 Å². The molecule has 130 valence electrons. The molecule has 0 radical (unpaired) electrons. The van der Waals surface area contributed by atoms with Crippen molar-refractivity contribution in [2.75, 3.05) is 13.1 Å². The van der Waals surface area contributed by atoms with Crippen LogP contribution in [-0.4, -0.2) is 33.7 Å². The number of fused-ring (bicyclic) bond motifs is 1. The zero-order chi connectivity index (χ0) is 16.9. The van der Waals surface area contributed by atoms with Crippen LogP contribution in [0.5, 0.6) is 0 Å². The summed E-state index contributed by atoms with van der Waals surface area (Å²) in [6.07, 6.45) is 3.45. The molecule has 0 saturated carbocycles. The monoisotopic (exact) mass is 346 g/mol. The number of hydrogen-bond acceptors (Lipinski definition) is 4. The lowest BCUT2D eigenvalue weighted by molar-refractivity contribution is 0.0954. The van der Waals surface area contributed by atoms with Gasteiger partial charge < -0.3 is 5.32 Å². The molecular weight excluding hydrogens is 320 g/mol. The van der Waals surface area contributed by atoms with Crippen molar-refractivity contribution in [2.45, 2.75) is 52.7 Å². The fourth-order valence-electron chi connectivity index (χ4n) is 2.99. The van der Waals surface area contributed by atoms with E-state index in [9.17, 15) is 4.79 Å². The Hall–Kier alpha value is -1.66. The van der Waals surface area contributed by atoms with Gasteiger partial charge in [0, 0.05) is 18.0 Å². The summed E-state index contributed by atoms with van der Waals surface area (Å²) in [6.45, 7) is 8.96. The van der Waals surface area contributed by atoms with Gasteiger partial charge in [-0.3, -0.25) is 14.4 Å². The van der Waals surface area contributed by atoms with E-state index in [1.165, 1.54) is 23.4 Å². The number of amides is 1. The molecule has 3 heterocycles. The van der Waals surface area contributed by atoms with Crippen LogP contribution in [0, 0.1) is 0 Å². The Kier molecular flexibility index (Phi) is 5.68. The van der Waals surface area contributed by atoms with Gasteiger partial charge in [0.25, 0.3) is 5.91 Å². The molecule has 1 N–H and O–H groups in total. The summed E-state index contributed by atoms with van der Waals surface area (Å²) in [5.41, 5.74) is 2.20. The lowest BCUT2D eigenvalue weighted by Crippen LogP contribution is -2.34. The van der Waals surface area contributed by atoms with Crippen LogP contribution in [-0.2, 0) is 26.1 Å². The largest absolute Gasteiger partial charge is 0.346 e. The van der Waals surface area contributed by atoms with Gasteiger partial charge in [-0.2, -0.15) is 5.10 Å². The molecule has 0 unspecified atom stereocenters. The fourth-order valence-corrected chi connectivity index (χ4v) is 3.85. The summed E-state index contributed by atoms with van der Waals surface area (Å²) in [6, 6.07) is 6.06. The van der Waals surface area contributed by atoms with Crippen molar-refractivity contribution < 1.29 is 4.79 Å². The fraction of sp³-hybridized carbons (Fsp3) is 0.556. The number of nitrogens with one attached hydrogen (secondary N) is 1. The van der Waals surface area contributed by atoms with Gasteiger partial charge in [0.1, 0.15) is 0 Å². The first-order valence-electron chi connectivity index (χ1n) is 8.84. The average Bonchev–Trinajstić information content (AvgIpc) is 3.23. The third-order valence-electron chi connectivity index (χ3n) is 4.42. The van der Waals surface area contributed by atoms with Gasteiger partial charge >= 0.3 is 0 Å². The SMILES string of the molecule is CCCCN1CCn2nc(CNC(=O)c3ccc(CC)s3)cc2C1. The Balaban J connectivity index is 1.55. The van der Waals surface area contributed by atoms with Gasteiger partial charge in [-0.25, -0.2) is 0 Å². The summed E-state index contributed by atoms with van der Waals surface area (Å²) < 4.78 is 2.09. The van der Waals surface area contributed by atoms with Crippen LogP contribution in [0.1, 0.15) is 52.6 Å². The summed E-state index contributed by atoms with van der Waals surface area (Å²) in [4.78, 5) is 16.7. The van der Waals surface area contributed by atoms with Crippen molar-refractivity contribution in [3.05, 3.63) is 39.3 Å². The standard InChI is InChI=1S/C18H26N4OS/c1-3-5-8-21-9-10-22-15(13-21)11-14(20-22)12-19-18(23)17-7-6-16(4-2)24-17/h6-7,11H,3-5,8-10,12-13H2,1-2H3,(H,19,23). The summed E-state index contributed by atoms with van der Waals surface area (Å²) in [5, 5.41) is 7.62. The second kappa shape index (κ2) is 7.94. The zero-order valence-electron chi connectivity index (χ0n) is 14.5. The Morgan fingerprint density at radius 2 is 2.21 bits per heavy atom. The van der Waals surface area contributed by atoms with Gasteiger partial charge in [-0.1, -0.05) is 20.3 Å². The van der Waals surface area contributed by atoms with Gasteiger partial charge in [0.05, 0.1) is 29.4 Å². The number of unbranched alkanes of at least 4 members (excludes halogenated alkanes) is 1. The molecule has 0 atom stereocenters. The van der Waals surface area contributed by atoms with Crippen LogP contribution in [0.3, 0.4) is 0 Å². The van der Waals surface area contributed by atoms with E-state index >= 15 is 0 Å². The number of hydrogen-bond donors (Lipinski definition) is 1. The van der Waals surface area contributed by atoms with Crippen LogP contribution in [0.4, 0.5) is 0 Å². The second-order valence-electron chi connectivity index (χ2n) is 6.28. The van der Waals surface area contributed by atoms with Crippen molar-refractivity contribution in [1.82, 2.24) is 20.0 Å². The quantitative estimate of drug-likeness (QED) is 0.838. The molecule has 1 aliphatic rings. The minimum Gasteiger partial charge on any atom is -0.346 e. The van der Waals surface area contributed by atoms with E-state index in [2.05, 4.69) is 39.9 Å². The Bertz CT molecular complexity index is 691. The molecular formula is C18H26N4OS. The molecule has 0 aromatic carbocycles. The molecule has 2 aromatic heterocycles. The number of carbonyl (C=O) groups is 1. The maximum atomic E-state index is 12.2. The Morgan fingerprint density at radius 1 is 1.33 bits per heavy atom. The maximum absolute atomic E-state index is 12.2. The molecule has 0 bridgehead atoms. The Morgan fingerprint density at radius 3 is 2.96 bits per heavy atom. The first-order valence-corrected chi connectivity index (χ1v) is 9.66. The summed E-state index contributed by atoms with van der Waals surface area (Å²) >= 11 is 1.57. The van der Waals surface area contributed by atoms with Gasteiger partial charge in [-0.15, -0.1) is 11.3 Å². The van der Waals surface area contributed by atoms with Gasteiger partial charge in [-0.05, 0) is 37.6 Å². The lowest BCUT2D eigenvalue weighted by Gasteiger charge is -2.27. The predicted molar refractivity (Wildman–Crippen MR) is 97.3 cm³/mol. The van der Waals surface area contributed by atoms with Gasteiger partial charge in [0.2, 0.25) is 0 Å². The molecule has 5 nitrogen and oxygen atoms in total. The summed E-state index contributed by atoms with van der Waals surface area (Å²) in [5.74, 6) is -0.00440. The van der Waals surface area contributed by atoms with E-state index in [0.29, 0.717) is 6.54 Å². The van der Waals surface area contributed by atoms with E-state index in [0.717, 1.165) is 43.2 Å². The number of aryl methyl sites for hydroxylation is 1. The van der Waals surface area contributed by atoms with Crippen molar-refractivity contribution in [2.24, 2.45) is 0 Å². The predicted octanol–water partition coefficient (Wildman–Crippen LogP) is 3.05. The van der Waals surface area contributed by atoms with E-state index < -0.39 is 0 Å². The molecule has 2 aromatic rings. The topological polar surface area (TPSA) is 50.2 Å². The van der Waals surface area contributed by atoms with Crippen LogP contribution < -0.4 is 5.32 Å². The highest BCUT2D eigenvalue weighted by atomic mass is 32.1. The first-order chi connectivity index (χ1) is 11.7. The molecule has 1 amide bonds. The van der Waals surface area contributed by atoms with Crippen LogP contribution >= 0.6 is 11.3 Å². The minimum atomic E-state index is -0.00440. The van der Waals surface area contributed by atoms with Crippen LogP contribution in [0.25, 0.3) is 0 Å². The second-order valence-corrected chi connectivity index (χ2v) is 7.45. The molecule has 24 heavy (non-hydrogen) atoms. The molecule has 6 heteroatoms. The number of aromatic nitrogens is 2. The van der Waals surface area contributed by atoms with E-state index in [-0.39, 0.29) is 5.91 Å². The summed E-state index contributed by atoms with van der Waals surface area (Å²) in [7, 11) is 0. The molecule has 0 aliphatic carbocycles. The van der Waals surface area contributed by atoms with Crippen LogP contribution in [0.15, 0.2) is 18.2 Å². The Labute approximate surface area is 147 Å². The third-order valence-corrected chi connectivity index (χ3v) is 5.65. The molecule has 1 aliphatic heterocycles. The average molecular weight is 347 g/mol. The zero-order valence-corrected chi connectivity index (χ0v) is 15.4. The number of thiophene rings is 1. The lowest BCUT2D eigenvalue weighted by atomic mass is 10.2. The number of carbonyl (C=O) groups excluding carboxylic acids is 1. The minimum absolute atomic E-state index is 0.00440. The normalized spacial score (nSPS) is 14.6.